The van der Waals surface area contributed by atoms with Crippen LogP contribution in [0.2, 0.25) is 10.0 Å². The molecule has 0 aliphatic rings. The van der Waals surface area contributed by atoms with Gasteiger partial charge in [0.1, 0.15) is 12.6 Å². The van der Waals surface area contributed by atoms with Gasteiger partial charge in [0.05, 0.1) is 15.6 Å². The van der Waals surface area contributed by atoms with Crippen molar-refractivity contribution in [3.05, 3.63) is 94.5 Å². The molecule has 0 unspecified atom stereocenters. The Hall–Kier alpha value is -3.07. The highest BCUT2D eigenvalue weighted by molar-refractivity contribution is 7.92. The second-order valence-corrected chi connectivity index (χ2v) is 11.9. The molecule has 0 bridgehead atoms. The molecule has 0 aliphatic carbocycles. The molecular weight excluding hydrogens is 557 g/mol. The topological polar surface area (TPSA) is 86.8 Å². The van der Waals surface area contributed by atoms with E-state index in [9.17, 15) is 18.0 Å². The van der Waals surface area contributed by atoms with E-state index in [1.807, 2.05) is 44.2 Å². The predicted molar refractivity (Wildman–Crippen MR) is 157 cm³/mol. The third kappa shape index (κ3) is 7.97. The summed E-state index contributed by atoms with van der Waals surface area (Å²) in [4.78, 5) is 28.4. The largest absolute Gasteiger partial charge is 0.352 e. The summed E-state index contributed by atoms with van der Waals surface area (Å²) in [6.45, 7) is 5.11. The molecule has 0 heterocycles. The molecule has 39 heavy (non-hydrogen) atoms. The van der Waals surface area contributed by atoms with Crippen LogP contribution >= 0.6 is 23.2 Å². The van der Waals surface area contributed by atoms with E-state index in [0.29, 0.717) is 6.42 Å². The summed E-state index contributed by atoms with van der Waals surface area (Å²) in [6, 6.07) is 20.9. The number of carbonyl (C=O) groups is 2. The van der Waals surface area contributed by atoms with E-state index in [-0.39, 0.29) is 39.1 Å². The van der Waals surface area contributed by atoms with Gasteiger partial charge < -0.3 is 10.2 Å². The first-order valence-corrected chi connectivity index (χ1v) is 14.9. The first-order chi connectivity index (χ1) is 18.5. The van der Waals surface area contributed by atoms with Gasteiger partial charge in [-0.15, -0.1) is 0 Å². The Labute approximate surface area is 240 Å². The quantitative estimate of drug-likeness (QED) is 0.299. The van der Waals surface area contributed by atoms with E-state index in [4.69, 9.17) is 23.2 Å². The molecule has 0 aliphatic heterocycles. The molecule has 7 nitrogen and oxygen atoms in total. The van der Waals surface area contributed by atoms with Crippen LogP contribution in [0.3, 0.4) is 0 Å². The zero-order chi connectivity index (χ0) is 28.6. The molecule has 208 valence electrons. The van der Waals surface area contributed by atoms with E-state index in [0.717, 1.165) is 16.3 Å². The second-order valence-electron chi connectivity index (χ2n) is 9.24. The highest BCUT2D eigenvalue weighted by Gasteiger charge is 2.33. The van der Waals surface area contributed by atoms with Gasteiger partial charge in [0.15, 0.2) is 0 Å². The third-order valence-electron chi connectivity index (χ3n) is 6.44. The number of nitrogens with zero attached hydrogens (tertiary/aromatic N) is 2. The SMILES string of the molecule is CC[C@H](C)NC(=O)[C@@H](C)N(CCc1ccccc1)C(=O)CN(c1cc(Cl)ccc1Cl)S(=O)(=O)c1ccccc1. The Bertz CT molecular complexity index is 1370. The highest BCUT2D eigenvalue weighted by atomic mass is 35.5. The number of halogens is 2. The van der Waals surface area contributed by atoms with Gasteiger partial charge in [-0.05, 0) is 62.6 Å². The molecule has 3 aromatic rings. The highest BCUT2D eigenvalue weighted by Crippen LogP contribution is 2.33. The van der Waals surface area contributed by atoms with E-state index in [2.05, 4.69) is 5.32 Å². The van der Waals surface area contributed by atoms with E-state index in [1.165, 1.54) is 35.2 Å². The van der Waals surface area contributed by atoms with Gasteiger partial charge >= 0.3 is 0 Å². The number of nitrogens with one attached hydrogen (secondary N) is 1. The van der Waals surface area contributed by atoms with Crippen molar-refractivity contribution in [3.8, 4) is 0 Å². The normalized spacial score (nSPS) is 12.8. The summed E-state index contributed by atoms with van der Waals surface area (Å²) < 4.78 is 28.5. The van der Waals surface area contributed by atoms with Crippen LogP contribution in [0.5, 0.6) is 0 Å². The van der Waals surface area contributed by atoms with E-state index < -0.39 is 28.5 Å². The smallest absolute Gasteiger partial charge is 0.264 e. The van der Waals surface area contributed by atoms with E-state index in [1.54, 1.807) is 25.1 Å². The number of hydrogen-bond acceptors (Lipinski definition) is 4. The van der Waals surface area contributed by atoms with Crippen LogP contribution in [0.25, 0.3) is 0 Å². The Morgan fingerprint density at radius 2 is 1.54 bits per heavy atom. The van der Waals surface area contributed by atoms with Crippen molar-refractivity contribution in [1.29, 1.82) is 0 Å². The lowest BCUT2D eigenvalue weighted by molar-refractivity contribution is -0.139. The van der Waals surface area contributed by atoms with Crippen molar-refractivity contribution in [1.82, 2.24) is 10.2 Å². The fourth-order valence-corrected chi connectivity index (χ4v) is 5.83. The Balaban J connectivity index is 2.00. The van der Waals surface area contributed by atoms with Gasteiger partial charge in [-0.25, -0.2) is 8.42 Å². The average molecular weight is 591 g/mol. The van der Waals surface area contributed by atoms with Gasteiger partial charge in [-0.1, -0.05) is 78.7 Å². The van der Waals surface area contributed by atoms with Crippen molar-refractivity contribution in [2.24, 2.45) is 0 Å². The van der Waals surface area contributed by atoms with Crippen molar-refractivity contribution in [3.63, 3.8) is 0 Å². The second kappa shape index (κ2) is 13.8. The summed E-state index contributed by atoms with van der Waals surface area (Å²) >= 11 is 12.6. The maximum Gasteiger partial charge on any atom is 0.264 e. The molecule has 1 N–H and O–H groups in total. The fraction of sp³-hybridized carbons (Fsp3) is 0.310. The lowest BCUT2D eigenvalue weighted by Gasteiger charge is -2.32. The third-order valence-corrected chi connectivity index (χ3v) is 8.77. The average Bonchev–Trinajstić information content (AvgIpc) is 2.94. The summed E-state index contributed by atoms with van der Waals surface area (Å²) in [5.74, 6) is -0.864. The molecule has 2 amide bonds. The van der Waals surface area contributed by atoms with E-state index >= 15 is 0 Å². The van der Waals surface area contributed by atoms with Crippen LogP contribution in [-0.4, -0.2) is 50.3 Å². The number of rotatable bonds is 12. The van der Waals surface area contributed by atoms with Crippen LogP contribution < -0.4 is 9.62 Å². The standard InChI is InChI=1S/C29H33Cl2N3O4S/c1-4-21(2)32-29(36)22(3)33(18-17-23-11-7-5-8-12-23)28(35)20-34(27-19-24(30)15-16-26(27)31)39(37,38)25-13-9-6-10-14-25/h5-16,19,21-22H,4,17-18,20H2,1-3H3,(H,32,36)/t21-,22+/m0/s1. The number of benzene rings is 3. The Morgan fingerprint density at radius 3 is 2.15 bits per heavy atom. The molecule has 0 radical (unpaired) electrons. The molecule has 0 saturated heterocycles. The Morgan fingerprint density at radius 1 is 0.923 bits per heavy atom. The number of sulfonamides is 1. The van der Waals surface area contributed by atoms with Gasteiger partial charge in [-0.2, -0.15) is 0 Å². The first kappa shape index (κ1) is 30.5. The molecule has 0 aromatic heterocycles. The summed E-state index contributed by atoms with van der Waals surface area (Å²) in [5, 5.41) is 3.29. The summed E-state index contributed by atoms with van der Waals surface area (Å²) in [5.41, 5.74) is 1.05. The lowest BCUT2D eigenvalue weighted by atomic mass is 10.1. The molecular formula is C29H33Cl2N3O4S. The van der Waals surface area contributed by atoms with Gasteiger partial charge in [-0.3, -0.25) is 13.9 Å². The number of amides is 2. The minimum atomic E-state index is -4.22. The number of anilines is 1. The predicted octanol–water partition coefficient (Wildman–Crippen LogP) is 5.56. The number of carbonyl (C=O) groups excluding carboxylic acids is 2. The maximum atomic E-state index is 13.9. The van der Waals surface area contributed by atoms with Crippen LogP contribution in [0.4, 0.5) is 5.69 Å². The maximum absolute atomic E-state index is 13.9. The lowest BCUT2D eigenvalue weighted by Crippen LogP contribution is -2.53. The molecule has 0 saturated carbocycles. The fourth-order valence-electron chi connectivity index (χ4n) is 3.95. The monoisotopic (exact) mass is 589 g/mol. The molecule has 3 aromatic carbocycles. The van der Waals surface area contributed by atoms with Gasteiger partial charge in [0.2, 0.25) is 11.8 Å². The van der Waals surface area contributed by atoms with Crippen LogP contribution in [0.15, 0.2) is 83.8 Å². The van der Waals surface area contributed by atoms with Crippen LogP contribution in [0.1, 0.15) is 32.8 Å². The molecule has 10 heteroatoms. The first-order valence-electron chi connectivity index (χ1n) is 12.7. The minimum Gasteiger partial charge on any atom is -0.352 e. The minimum absolute atomic E-state index is 0.00719. The Kier molecular flexibility index (Phi) is 10.8. The molecule has 0 fully saturated rings. The molecule has 3 rings (SSSR count). The summed E-state index contributed by atoms with van der Waals surface area (Å²) in [7, 11) is -4.22. The van der Waals surface area contributed by atoms with Crippen molar-refractivity contribution < 1.29 is 18.0 Å². The zero-order valence-electron chi connectivity index (χ0n) is 22.2. The number of hydrogen-bond donors (Lipinski definition) is 1. The van der Waals surface area contributed by atoms with Crippen LogP contribution in [-0.2, 0) is 26.0 Å². The van der Waals surface area contributed by atoms with Gasteiger partial charge in [0.25, 0.3) is 10.0 Å². The van der Waals surface area contributed by atoms with Gasteiger partial charge in [0, 0.05) is 17.6 Å². The van der Waals surface area contributed by atoms with Crippen molar-refractivity contribution in [2.45, 2.75) is 50.6 Å². The van der Waals surface area contributed by atoms with Crippen molar-refractivity contribution >= 4 is 50.7 Å². The molecule has 2 atom stereocenters. The van der Waals surface area contributed by atoms with Crippen molar-refractivity contribution in [2.75, 3.05) is 17.4 Å². The molecule has 0 spiro atoms. The van der Waals surface area contributed by atoms with Crippen LogP contribution in [0, 0.1) is 0 Å². The summed E-state index contributed by atoms with van der Waals surface area (Å²) in [6.07, 6.45) is 1.21. The zero-order valence-corrected chi connectivity index (χ0v) is 24.5.